The molecule has 35 heavy (non-hydrogen) atoms. The Balaban J connectivity index is 0. The molecule has 12 heteroatoms. The minimum absolute atomic E-state index is 0. The number of rotatable bonds is 23. The van der Waals surface area contributed by atoms with Gasteiger partial charge < -0.3 is 29.8 Å². The van der Waals surface area contributed by atoms with Gasteiger partial charge in [0, 0.05) is 58.6 Å². The first-order valence-electron chi connectivity index (χ1n) is 11.5. The van der Waals surface area contributed by atoms with Gasteiger partial charge in [0.25, 0.3) is 0 Å². The van der Waals surface area contributed by atoms with E-state index in [1.807, 2.05) is 6.29 Å². The van der Waals surface area contributed by atoms with Gasteiger partial charge >= 0.3 is 11.9 Å². The molecular formula is C23H36NO10Y-. The summed E-state index contributed by atoms with van der Waals surface area (Å²) in [6.07, 6.45) is 5.28. The molecular weight excluding hydrogens is 539 g/mol. The first-order valence-corrected chi connectivity index (χ1v) is 11.5. The third kappa shape index (κ3) is 22.6. The number of unbranched alkanes of at least 4 members (excludes halogenated alkanes) is 2. The van der Waals surface area contributed by atoms with Crippen LogP contribution in [-0.4, -0.2) is 78.4 Å². The maximum atomic E-state index is 12.0. The number of Topliss-reactive ketones (excluding diaryl/α,β-unsaturated/α-hetero) is 2. The van der Waals surface area contributed by atoms with Crippen molar-refractivity contribution in [3.8, 4) is 0 Å². The number of nitrogens with one attached hydrogen (secondary N) is 1. The van der Waals surface area contributed by atoms with Crippen molar-refractivity contribution in [2.24, 2.45) is 5.92 Å². The number of ether oxygens (including phenoxy) is 2. The molecule has 2 atom stereocenters. The fraction of sp³-hybridized carbons (Fsp3) is 0.739. The predicted molar refractivity (Wildman–Crippen MR) is 120 cm³/mol. The summed E-state index contributed by atoms with van der Waals surface area (Å²) in [5.74, 6) is -3.59. The summed E-state index contributed by atoms with van der Waals surface area (Å²) in [4.78, 5) is 67.2. The molecule has 0 aliphatic heterocycles. The maximum Gasteiger partial charge on any atom is 0.326 e. The quantitative estimate of drug-likeness (QED) is 0.0920. The van der Waals surface area contributed by atoms with E-state index in [4.69, 9.17) is 14.6 Å². The zero-order valence-corrected chi connectivity index (χ0v) is 23.1. The second-order valence-electron chi connectivity index (χ2n) is 8.03. The number of ketones is 2. The van der Waals surface area contributed by atoms with Crippen molar-refractivity contribution in [3.63, 3.8) is 0 Å². The third-order valence-electron chi connectivity index (χ3n) is 4.84. The number of carboxylic acid groups (broad SMARTS) is 2. The van der Waals surface area contributed by atoms with Crippen molar-refractivity contribution in [1.82, 2.24) is 5.32 Å². The smallest absolute Gasteiger partial charge is 0.326 e. The summed E-state index contributed by atoms with van der Waals surface area (Å²) in [7, 11) is 0. The molecule has 0 aromatic rings. The number of carbonyl (C=O) groups excluding carboxylic acids is 4. The molecule has 0 aromatic heterocycles. The van der Waals surface area contributed by atoms with Crippen LogP contribution in [-0.2, 0) is 71.0 Å². The SMILES string of the molecule is CC([C-]=O)CCCCCC(=O)CCC(NC(=O)COCCOCCCC(=O)CC(=O)O)C(=O)O.[Y]. The summed E-state index contributed by atoms with van der Waals surface area (Å²) >= 11 is 0. The summed E-state index contributed by atoms with van der Waals surface area (Å²) < 4.78 is 10.3. The van der Waals surface area contributed by atoms with Crippen molar-refractivity contribution >= 4 is 35.7 Å². The van der Waals surface area contributed by atoms with Crippen molar-refractivity contribution < 1.29 is 81.2 Å². The van der Waals surface area contributed by atoms with Crippen molar-refractivity contribution in [2.75, 3.05) is 26.4 Å². The number of hydrogen-bond donors (Lipinski definition) is 3. The van der Waals surface area contributed by atoms with Crippen LogP contribution in [0.4, 0.5) is 0 Å². The van der Waals surface area contributed by atoms with E-state index in [9.17, 15) is 33.9 Å². The Morgan fingerprint density at radius 2 is 1.49 bits per heavy atom. The number of hydrogen-bond acceptors (Lipinski definition) is 8. The molecule has 197 valence electrons. The minimum atomic E-state index is -1.24. The molecule has 0 aliphatic carbocycles. The van der Waals surface area contributed by atoms with E-state index < -0.39 is 30.3 Å². The van der Waals surface area contributed by atoms with Gasteiger partial charge in [-0.3, -0.25) is 25.5 Å². The Morgan fingerprint density at radius 3 is 2.11 bits per heavy atom. The third-order valence-corrected chi connectivity index (χ3v) is 4.84. The van der Waals surface area contributed by atoms with Gasteiger partial charge in [-0.15, -0.1) is 5.92 Å². The van der Waals surface area contributed by atoms with E-state index in [-0.39, 0.29) is 95.9 Å². The fourth-order valence-corrected chi connectivity index (χ4v) is 2.95. The molecule has 0 heterocycles. The standard InChI is InChI=1S/C23H36NO10.Y/c1-17(15-25)6-3-2-4-7-18(26)9-10-20(23(31)32)24-21(28)16-34-13-12-33-11-5-8-19(27)14-22(29)30;/h17,20H,2-14,16H2,1H3,(H,24,28)(H,29,30)(H,31,32);/q-1;. The van der Waals surface area contributed by atoms with Crippen LogP contribution in [0.15, 0.2) is 0 Å². The van der Waals surface area contributed by atoms with Crippen molar-refractivity contribution in [1.29, 1.82) is 0 Å². The molecule has 0 saturated heterocycles. The fourth-order valence-electron chi connectivity index (χ4n) is 2.95. The number of carbonyl (C=O) groups is 5. The molecule has 0 fully saturated rings. The zero-order chi connectivity index (χ0) is 25.8. The van der Waals surface area contributed by atoms with E-state index in [0.717, 1.165) is 19.3 Å². The topological polar surface area (TPSA) is 173 Å². The monoisotopic (exact) mass is 575 g/mol. The Hall–Kier alpha value is -1.56. The van der Waals surface area contributed by atoms with Crippen LogP contribution in [0.5, 0.6) is 0 Å². The molecule has 3 N–H and O–H groups in total. The van der Waals surface area contributed by atoms with Crippen molar-refractivity contribution in [2.45, 2.75) is 77.2 Å². The molecule has 0 aromatic carbocycles. The van der Waals surface area contributed by atoms with Crippen LogP contribution in [0, 0.1) is 5.92 Å². The summed E-state index contributed by atoms with van der Waals surface area (Å²) in [5, 5.41) is 20.1. The average molecular weight is 575 g/mol. The van der Waals surface area contributed by atoms with E-state index in [2.05, 4.69) is 5.32 Å². The summed E-state index contributed by atoms with van der Waals surface area (Å²) in [6.45, 7) is 1.90. The molecule has 0 saturated carbocycles. The molecule has 0 aliphatic rings. The van der Waals surface area contributed by atoms with Gasteiger partial charge in [-0.25, -0.2) is 4.79 Å². The molecule has 1 amide bonds. The number of amides is 1. The zero-order valence-electron chi connectivity index (χ0n) is 20.3. The molecule has 0 spiro atoms. The van der Waals surface area contributed by atoms with E-state index >= 15 is 0 Å². The van der Waals surface area contributed by atoms with Gasteiger partial charge in [0.05, 0.1) is 13.2 Å². The Kier molecular flexibility index (Phi) is 23.3. The summed E-state index contributed by atoms with van der Waals surface area (Å²) in [6, 6.07) is -1.19. The molecule has 0 bridgehead atoms. The van der Waals surface area contributed by atoms with Gasteiger partial charge in [0.2, 0.25) is 5.91 Å². The molecule has 0 rings (SSSR count). The Labute approximate surface area is 230 Å². The largest absolute Gasteiger partial charge is 0.542 e. The second-order valence-corrected chi connectivity index (χ2v) is 8.03. The van der Waals surface area contributed by atoms with Crippen molar-refractivity contribution in [3.05, 3.63) is 0 Å². The van der Waals surface area contributed by atoms with Gasteiger partial charge in [-0.2, -0.15) is 0 Å². The van der Waals surface area contributed by atoms with E-state index in [1.165, 1.54) is 0 Å². The van der Waals surface area contributed by atoms with Gasteiger partial charge in [0.1, 0.15) is 30.6 Å². The van der Waals surface area contributed by atoms with Crippen LogP contribution < -0.4 is 5.32 Å². The van der Waals surface area contributed by atoms with E-state index in [1.54, 1.807) is 6.92 Å². The maximum absolute atomic E-state index is 12.0. The van der Waals surface area contributed by atoms with Gasteiger partial charge in [-0.05, 0) is 19.3 Å². The first-order chi connectivity index (χ1) is 16.1. The average Bonchev–Trinajstić information content (AvgIpc) is 2.77. The predicted octanol–water partition coefficient (Wildman–Crippen LogP) is 1.46. The minimum Gasteiger partial charge on any atom is -0.542 e. The Morgan fingerprint density at radius 1 is 0.829 bits per heavy atom. The molecule has 11 nitrogen and oxygen atoms in total. The number of aliphatic carboxylic acids is 2. The van der Waals surface area contributed by atoms with Crippen LogP contribution in [0.1, 0.15) is 71.1 Å². The van der Waals surface area contributed by atoms with Gasteiger partial charge in [-0.1, -0.05) is 26.2 Å². The normalized spacial score (nSPS) is 12.1. The molecule has 1 radical (unpaired) electrons. The molecule has 2 unspecified atom stereocenters. The summed E-state index contributed by atoms with van der Waals surface area (Å²) in [5.41, 5.74) is 0. The van der Waals surface area contributed by atoms with Crippen LogP contribution in [0.3, 0.4) is 0 Å². The van der Waals surface area contributed by atoms with Crippen LogP contribution in [0.25, 0.3) is 0 Å². The van der Waals surface area contributed by atoms with Crippen LogP contribution >= 0.6 is 0 Å². The van der Waals surface area contributed by atoms with Gasteiger partial charge in [0.15, 0.2) is 0 Å². The van der Waals surface area contributed by atoms with E-state index in [0.29, 0.717) is 19.3 Å². The second kappa shape index (κ2) is 22.9. The first kappa shape index (κ1) is 35.6. The Bertz CT molecular complexity index is 671. The number of carboxylic acids is 2. The van der Waals surface area contributed by atoms with Crippen LogP contribution in [0.2, 0.25) is 0 Å².